The van der Waals surface area contributed by atoms with Crippen molar-refractivity contribution in [2.24, 2.45) is 5.92 Å². The number of carbonyl (C=O) groups is 3. The van der Waals surface area contributed by atoms with E-state index in [4.69, 9.17) is 11.6 Å². The van der Waals surface area contributed by atoms with E-state index in [9.17, 15) is 32.3 Å². The second-order valence-corrected chi connectivity index (χ2v) is 13.3. The third-order valence-electron chi connectivity index (χ3n) is 7.15. The number of anilines is 2. The lowest BCUT2D eigenvalue weighted by atomic mass is 9.83. The molecule has 7 nitrogen and oxygen atoms in total. The number of imide groups is 1. The van der Waals surface area contributed by atoms with Crippen molar-refractivity contribution in [3.63, 3.8) is 0 Å². The Morgan fingerprint density at radius 1 is 0.977 bits per heavy atom. The zero-order valence-corrected chi connectivity index (χ0v) is 25.6. The molecule has 1 saturated heterocycles. The monoisotopic (exact) mass is 707 g/mol. The van der Waals surface area contributed by atoms with E-state index in [0.29, 0.717) is 26.2 Å². The van der Waals surface area contributed by atoms with Gasteiger partial charge in [0.15, 0.2) is 0 Å². The number of amides is 3. The van der Waals surface area contributed by atoms with Crippen LogP contribution in [0.5, 0.6) is 0 Å². The smallest absolute Gasteiger partial charge is 0.324 e. The Bertz CT molecular complexity index is 1840. The normalized spacial score (nSPS) is 19.7. The van der Waals surface area contributed by atoms with Gasteiger partial charge in [0.2, 0.25) is 17.7 Å². The highest BCUT2D eigenvalue weighted by atomic mass is 79.9. The molecule has 220 valence electrons. The molecule has 4 aromatic rings. The van der Waals surface area contributed by atoms with Gasteiger partial charge in [-0.15, -0.1) is 0 Å². The van der Waals surface area contributed by atoms with Crippen LogP contribution >= 0.6 is 50.6 Å². The summed E-state index contributed by atoms with van der Waals surface area (Å²) in [5, 5.41) is 2.10. The quantitative estimate of drug-likeness (QED) is 0.231. The van der Waals surface area contributed by atoms with E-state index in [2.05, 4.69) is 21.2 Å². The van der Waals surface area contributed by atoms with Crippen LogP contribution in [0.1, 0.15) is 21.9 Å². The molecule has 0 spiro atoms. The number of benzene rings is 3. The van der Waals surface area contributed by atoms with Crippen LogP contribution in [0.15, 0.2) is 87.1 Å². The van der Waals surface area contributed by atoms with Crippen molar-refractivity contribution in [3.05, 3.63) is 108 Å². The molecule has 14 heteroatoms. The highest BCUT2D eigenvalue weighted by Crippen LogP contribution is 2.54. The molecule has 3 heterocycles. The summed E-state index contributed by atoms with van der Waals surface area (Å²) in [5.41, 5.74) is -0.424. The molecule has 43 heavy (non-hydrogen) atoms. The van der Waals surface area contributed by atoms with Gasteiger partial charge in [0.05, 0.1) is 27.9 Å². The number of nitrogens with zero attached hydrogens (tertiary/aromatic N) is 2. The van der Waals surface area contributed by atoms with E-state index in [1.54, 1.807) is 48.5 Å². The molecule has 0 radical (unpaired) electrons. The van der Waals surface area contributed by atoms with Gasteiger partial charge in [-0.25, -0.2) is 4.90 Å². The molecule has 3 aromatic carbocycles. The van der Waals surface area contributed by atoms with Gasteiger partial charge in [-0.3, -0.25) is 23.7 Å². The summed E-state index contributed by atoms with van der Waals surface area (Å²) in [7, 11) is 0. The maximum absolute atomic E-state index is 13.9. The van der Waals surface area contributed by atoms with Gasteiger partial charge < -0.3 is 5.32 Å². The Hall–Kier alpha value is -3.39. The van der Waals surface area contributed by atoms with Gasteiger partial charge in [0.25, 0.3) is 0 Å². The average Bonchev–Trinajstić information content (AvgIpc) is 3.39. The minimum Gasteiger partial charge on any atom is -0.324 e. The first-order valence-corrected chi connectivity index (χ1v) is 15.6. The Labute approximate surface area is 263 Å². The van der Waals surface area contributed by atoms with E-state index in [1.165, 1.54) is 12.1 Å². The van der Waals surface area contributed by atoms with Crippen LogP contribution in [0.25, 0.3) is 0 Å². The van der Waals surface area contributed by atoms with Crippen molar-refractivity contribution in [2.75, 3.05) is 10.2 Å². The number of aromatic nitrogens is 1. The van der Waals surface area contributed by atoms with Gasteiger partial charge in [-0.1, -0.05) is 74.9 Å². The molecule has 6 rings (SSSR count). The highest BCUT2D eigenvalue weighted by Gasteiger charge is 2.56. The number of halogens is 5. The molecular weight excluding hydrogens is 691 g/mol. The first-order valence-electron chi connectivity index (χ1n) is 12.7. The molecule has 1 N–H and O–H groups in total. The molecule has 2 aliphatic rings. The summed E-state index contributed by atoms with van der Waals surface area (Å²) < 4.78 is 42.3. The Morgan fingerprint density at radius 2 is 1.70 bits per heavy atom. The number of carbonyl (C=O) groups excluding carboxylic acids is 3. The molecule has 2 aliphatic heterocycles. The summed E-state index contributed by atoms with van der Waals surface area (Å²) in [6.07, 6.45) is -4.70. The fourth-order valence-corrected chi connectivity index (χ4v) is 8.65. The lowest BCUT2D eigenvalue weighted by Gasteiger charge is -2.30. The molecule has 0 saturated carbocycles. The van der Waals surface area contributed by atoms with E-state index < -0.39 is 63.7 Å². The minimum absolute atomic E-state index is 0.319. The molecule has 1 aromatic heterocycles. The second kappa shape index (κ2) is 11.3. The van der Waals surface area contributed by atoms with Crippen LogP contribution < -0.4 is 15.1 Å². The van der Waals surface area contributed by atoms with Crippen LogP contribution in [-0.4, -0.2) is 27.5 Å². The number of nitrogens with one attached hydrogen (secondary N) is 1. The van der Waals surface area contributed by atoms with Crippen molar-refractivity contribution in [1.29, 1.82) is 0 Å². The van der Waals surface area contributed by atoms with E-state index in [0.717, 1.165) is 49.2 Å². The standard InChI is InChI=1S/C29H18BrClF3N3O4S2/c30-15-5-3-4-14(12-15)21-22-23(26(40)37(25(22)39)17-10-8-16(31)9-11-17)42-27-24(21)43-28(41)36(27)13-20(38)35-19-7-2-1-6-18(19)29(32,33)34/h1-12,21-23H,13H2,(H,35,38)/t21-,22-,23+/m0/s1. The van der Waals surface area contributed by atoms with Gasteiger partial charge in [0, 0.05) is 20.3 Å². The largest absolute Gasteiger partial charge is 0.418 e. The minimum atomic E-state index is -4.70. The maximum Gasteiger partial charge on any atom is 0.418 e. The van der Waals surface area contributed by atoms with E-state index >= 15 is 0 Å². The molecule has 0 unspecified atom stereocenters. The number of rotatable bonds is 5. The van der Waals surface area contributed by atoms with Gasteiger partial charge >= 0.3 is 11.0 Å². The Balaban J connectivity index is 1.40. The van der Waals surface area contributed by atoms with E-state index in [1.807, 2.05) is 0 Å². The van der Waals surface area contributed by atoms with Gasteiger partial charge in [0.1, 0.15) is 11.8 Å². The predicted octanol–water partition coefficient (Wildman–Crippen LogP) is 6.78. The zero-order valence-electron chi connectivity index (χ0n) is 21.6. The van der Waals surface area contributed by atoms with Crippen molar-refractivity contribution in [1.82, 2.24) is 4.57 Å². The number of hydrogen-bond donors (Lipinski definition) is 1. The number of fused-ring (bicyclic) bond motifs is 2. The number of thiazole rings is 1. The lowest BCUT2D eigenvalue weighted by Crippen LogP contribution is -2.33. The third kappa shape index (κ3) is 5.43. The van der Waals surface area contributed by atoms with E-state index in [-0.39, 0.29) is 0 Å². The molecule has 3 atom stereocenters. The summed E-state index contributed by atoms with van der Waals surface area (Å²) in [6, 6.07) is 18.0. The van der Waals surface area contributed by atoms with Gasteiger partial charge in [-0.05, 0) is 54.1 Å². The summed E-state index contributed by atoms with van der Waals surface area (Å²) in [4.78, 5) is 55.0. The van der Waals surface area contributed by atoms with Crippen molar-refractivity contribution in [2.45, 2.75) is 28.9 Å². The summed E-state index contributed by atoms with van der Waals surface area (Å²) >= 11 is 11.3. The molecule has 0 aliphatic carbocycles. The Kier molecular flexibility index (Phi) is 7.78. The van der Waals surface area contributed by atoms with Crippen LogP contribution in [0.3, 0.4) is 0 Å². The van der Waals surface area contributed by atoms with Crippen molar-refractivity contribution >= 4 is 79.7 Å². The van der Waals surface area contributed by atoms with Crippen molar-refractivity contribution in [3.8, 4) is 0 Å². The van der Waals surface area contributed by atoms with Crippen LogP contribution in [0.4, 0.5) is 24.5 Å². The van der Waals surface area contributed by atoms with Crippen molar-refractivity contribution < 1.29 is 27.6 Å². The second-order valence-electron chi connectivity index (χ2n) is 9.80. The summed E-state index contributed by atoms with van der Waals surface area (Å²) in [5.74, 6) is -3.32. The van der Waals surface area contributed by atoms with Crippen LogP contribution in [0, 0.1) is 5.92 Å². The SMILES string of the molecule is O=C(Cn1c2c(sc1=O)[C@@H](c1cccc(Br)c1)[C@@H]1C(=O)N(c3ccc(Cl)cc3)C(=O)[C@@H]1S2)Nc1ccccc1C(F)(F)F. The third-order valence-corrected chi connectivity index (χ3v) is 10.5. The topological polar surface area (TPSA) is 88.5 Å². The van der Waals surface area contributed by atoms with Crippen LogP contribution in [0.2, 0.25) is 5.02 Å². The lowest BCUT2D eigenvalue weighted by molar-refractivity contribution is -0.137. The van der Waals surface area contributed by atoms with Gasteiger partial charge in [-0.2, -0.15) is 13.2 Å². The molecule has 3 amide bonds. The highest BCUT2D eigenvalue weighted by molar-refractivity contribution is 9.10. The fourth-order valence-electron chi connectivity index (χ4n) is 5.33. The molecule has 0 bridgehead atoms. The fraction of sp³-hybridized carbons (Fsp3) is 0.172. The Morgan fingerprint density at radius 3 is 2.40 bits per heavy atom. The first-order chi connectivity index (χ1) is 20.4. The number of para-hydroxylation sites is 1. The predicted molar refractivity (Wildman–Crippen MR) is 162 cm³/mol. The summed E-state index contributed by atoms with van der Waals surface area (Å²) in [6.45, 7) is -0.588. The molecule has 1 fully saturated rings. The van der Waals surface area contributed by atoms with Crippen LogP contribution in [-0.2, 0) is 27.1 Å². The maximum atomic E-state index is 13.9. The first kappa shape index (κ1) is 29.7. The zero-order chi connectivity index (χ0) is 30.6. The average molecular weight is 709 g/mol. The number of thioether (sulfide) groups is 1. The molecular formula is C29H18BrClF3N3O4S2. The number of alkyl halides is 3. The number of hydrogen-bond acceptors (Lipinski definition) is 6.